The minimum absolute atomic E-state index is 0.303. The first-order chi connectivity index (χ1) is 11.9. The van der Waals surface area contributed by atoms with Crippen LogP contribution in [0.15, 0.2) is 54.4 Å². The molecule has 1 aromatic carbocycles. The van der Waals surface area contributed by atoms with Gasteiger partial charge in [0.1, 0.15) is 11.4 Å². The highest BCUT2D eigenvalue weighted by molar-refractivity contribution is 5.48. The summed E-state index contributed by atoms with van der Waals surface area (Å²) in [5.41, 5.74) is 2.72. The molecule has 0 amide bonds. The lowest BCUT2D eigenvalue weighted by Crippen LogP contribution is -2.28. The second-order valence-corrected chi connectivity index (χ2v) is 6.54. The van der Waals surface area contributed by atoms with Gasteiger partial charge >= 0.3 is 0 Å². The van der Waals surface area contributed by atoms with Gasteiger partial charge < -0.3 is 9.64 Å². The van der Waals surface area contributed by atoms with Gasteiger partial charge in [0.25, 0.3) is 0 Å². The fourth-order valence-corrected chi connectivity index (χ4v) is 3.14. The molecule has 0 N–H and O–H groups in total. The smallest absolute Gasteiger partial charge is 0.118 e. The lowest BCUT2D eigenvalue weighted by Gasteiger charge is -2.31. The molecule has 3 nitrogen and oxygen atoms in total. The molecule has 0 saturated carbocycles. The zero-order chi connectivity index (χ0) is 18.4. The Hall–Kier alpha value is -2.22. The lowest BCUT2D eigenvalue weighted by atomic mass is 9.81. The summed E-state index contributed by atoms with van der Waals surface area (Å²) in [6.07, 6.45) is 6.20. The quantitative estimate of drug-likeness (QED) is 0.680. The predicted octanol–water partition coefficient (Wildman–Crippen LogP) is 4.61. The molecule has 0 aliphatic carbocycles. The monoisotopic (exact) mass is 340 g/mol. The number of halogens is 1. The average Bonchev–Trinajstić information content (AvgIpc) is 2.98. The Labute approximate surface area is 149 Å². The molecule has 0 fully saturated rings. The van der Waals surface area contributed by atoms with Crippen LogP contribution in [0.5, 0.6) is 0 Å². The van der Waals surface area contributed by atoms with Gasteiger partial charge in [0.05, 0.1) is 18.2 Å². The molecule has 1 aliphatic rings. The maximum absolute atomic E-state index is 13.5. The molecule has 1 unspecified atom stereocenters. The van der Waals surface area contributed by atoms with Gasteiger partial charge in [0.15, 0.2) is 0 Å². The van der Waals surface area contributed by atoms with Crippen LogP contribution in [0.4, 0.5) is 4.39 Å². The van der Waals surface area contributed by atoms with E-state index in [0.717, 1.165) is 36.1 Å². The molecule has 0 saturated heterocycles. The van der Waals surface area contributed by atoms with E-state index in [1.165, 1.54) is 12.2 Å². The van der Waals surface area contributed by atoms with Crippen molar-refractivity contribution in [1.82, 2.24) is 4.90 Å². The molecule has 1 aromatic rings. The normalized spacial score (nSPS) is 20.1. The van der Waals surface area contributed by atoms with E-state index in [-0.39, 0.29) is 5.83 Å². The van der Waals surface area contributed by atoms with Gasteiger partial charge in [0.2, 0.25) is 0 Å². The number of hydrogen-bond donors (Lipinski definition) is 0. The third-order valence-corrected chi connectivity index (χ3v) is 4.52. The third kappa shape index (κ3) is 4.25. The van der Waals surface area contributed by atoms with Crippen molar-refractivity contribution in [3.63, 3.8) is 0 Å². The van der Waals surface area contributed by atoms with Crippen molar-refractivity contribution in [3.05, 3.63) is 71.1 Å². The molecule has 4 heteroatoms. The van der Waals surface area contributed by atoms with Gasteiger partial charge in [-0.25, -0.2) is 4.39 Å². The second kappa shape index (κ2) is 8.24. The lowest BCUT2D eigenvalue weighted by molar-refractivity contribution is -0.0142. The number of nitrogens with zero attached hydrogens (tertiary/aromatic N) is 2. The van der Waals surface area contributed by atoms with Crippen molar-refractivity contribution in [3.8, 4) is 6.07 Å². The van der Waals surface area contributed by atoms with Crippen molar-refractivity contribution in [2.24, 2.45) is 0 Å². The number of rotatable bonds is 7. The van der Waals surface area contributed by atoms with Gasteiger partial charge in [-0.15, -0.1) is 0 Å². The summed E-state index contributed by atoms with van der Waals surface area (Å²) in [5, 5.41) is 9.11. The largest absolute Gasteiger partial charge is 0.361 e. The fourth-order valence-electron chi connectivity index (χ4n) is 3.14. The third-order valence-electron chi connectivity index (χ3n) is 4.52. The van der Waals surface area contributed by atoms with Gasteiger partial charge in [0, 0.05) is 0 Å². The molecule has 1 atom stereocenters. The molecular formula is C21H25FN2O. The average molecular weight is 340 g/mol. The SMILES string of the molecule is C=C(/C=C\C(F)=C/C)C1(CCCN(C)C)OCc2cc(C#N)ccc21. The summed E-state index contributed by atoms with van der Waals surface area (Å²) >= 11 is 0. The van der Waals surface area contributed by atoms with E-state index in [4.69, 9.17) is 10.00 Å². The summed E-state index contributed by atoms with van der Waals surface area (Å²) in [6.45, 7) is 7.19. The van der Waals surface area contributed by atoms with Gasteiger partial charge in [-0.05, 0) is 75.3 Å². The van der Waals surface area contributed by atoms with Crippen LogP contribution in [-0.4, -0.2) is 25.5 Å². The van der Waals surface area contributed by atoms with Crippen molar-refractivity contribution < 1.29 is 9.13 Å². The maximum Gasteiger partial charge on any atom is 0.118 e. The number of hydrogen-bond acceptors (Lipinski definition) is 3. The summed E-state index contributed by atoms with van der Waals surface area (Å²) in [5.74, 6) is -0.303. The zero-order valence-electron chi connectivity index (χ0n) is 15.2. The number of ether oxygens (including phenoxy) is 1. The summed E-state index contributed by atoms with van der Waals surface area (Å²) in [4.78, 5) is 2.13. The number of fused-ring (bicyclic) bond motifs is 1. The number of allylic oxidation sites excluding steroid dienone is 3. The van der Waals surface area contributed by atoms with Gasteiger partial charge in [-0.3, -0.25) is 0 Å². The standard InChI is InChI=1S/C21H25FN2O/c1-5-19(22)9-7-16(2)21(11-6-12-24(3)4)20-10-8-17(14-23)13-18(20)15-25-21/h5,7-10,13H,2,6,11-12,15H2,1,3-4H3/b9-7-,19-5+. The molecule has 2 rings (SSSR count). The Morgan fingerprint density at radius 2 is 2.20 bits per heavy atom. The summed E-state index contributed by atoms with van der Waals surface area (Å²) in [6, 6.07) is 7.78. The Bertz CT molecular complexity index is 743. The van der Waals surface area contributed by atoms with Crippen LogP contribution in [0.2, 0.25) is 0 Å². The van der Waals surface area contributed by atoms with Crippen LogP contribution in [-0.2, 0) is 16.9 Å². The molecule has 1 aliphatic heterocycles. The van der Waals surface area contributed by atoms with E-state index in [0.29, 0.717) is 12.2 Å². The molecular weight excluding hydrogens is 315 g/mol. The van der Waals surface area contributed by atoms with Crippen molar-refractivity contribution in [2.45, 2.75) is 32.0 Å². The van der Waals surface area contributed by atoms with E-state index in [9.17, 15) is 4.39 Å². The van der Waals surface area contributed by atoms with E-state index in [2.05, 4.69) is 17.5 Å². The number of benzene rings is 1. The maximum atomic E-state index is 13.5. The van der Waals surface area contributed by atoms with E-state index in [1.807, 2.05) is 26.2 Å². The Morgan fingerprint density at radius 1 is 1.44 bits per heavy atom. The summed E-state index contributed by atoms with van der Waals surface area (Å²) in [7, 11) is 4.07. The molecule has 0 aromatic heterocycles. The van der Waals surface area contributed by atoms with E-state index >= 15 is 0 Å². The molecule has 0 bridgehead atoms. The fraction of sp³-hybridized carbons (Fsp3) is 0.381. The number of nitriles is 1. The van der Waals surface area contributed by atoms with Gasteiger partial charge in [-0.1, -0.05) is 24.8 Å². The second-order valence-electron chi connectivity index (χ2n) is 6.54. The highest BCUT2D eigenvalue weighted by Gasteiger charge is 2.41. The molecule has 25 heavy (non-hydrogen) atoms. The first-order valence-corrected chi connectivity index (χ1v) is 8.44. The Balaban J connectivity index is 2.37. The Morgan fingerprint density at radius 3 is 2.84 bits per heavy atom. The van der Waals surface area contributed by atoms with Crippen LogP contribution < -0.4 is 0 Å². The zero-order valence-corrected chi connectivity index (χ0v) is 15.2. The molecule has 0 spiro atoms. The predicted molar refractivity (Wildman–Crippen MR) is 98.6 cm³/mol. The molecule has 0 radical (unpaired) electrons. The van der Waals surface area contributed by atoms with E-state index in [1.54, 1.807) is 19.1 Å². The van der Waals surface area contributed by atoms with Crippen molar-refractivity contribution in [2.75, 3.05) is 20.6 Å². The molecule has 132 valence electrons. The van der Waals surface area contributed by atoms with Gasteiger partial charge in [-0.2, -0.15) is 5.26 Å². The van der Waals surface area contributed by atoms with Crippen molar-refractivity contribution >= 4 is 0 Å². The first kappa shape index (κ1) is 19.1. The van der Waals surface area contributed by atoms with Crippen LogP contribution in [0.25, 0.3) is 0 Å². The van der Waals surface area contributed by atoms with Crippen LogP contribution >= 0.6 is 0 Å². The highest BCUT2D eigenvalue weighted by atomic mass is 19.1. The topological polar surface area (TPSA) is 36.3 Å². The van der Waals surface area contributed by atoms with E-state index < -0.39 is 5.60 Å². The minimum Gasteiger partial charge on any atom is -0.361 e. The van der Waals surface area contributed by atoms with Crippen molar-refractivity contribution in [1.29, 1.82) is 5.26 Å². The molecule has 1 heterocycles. The summed E-state index contributed by atoms with van der Waals surface area (Å²) < 4.78 is 19.7. The Kier molecular flexibility index (Phi) is 6.30. The minimum atomic E-state index is -0.663. The highest BCUT2D eigenvalue weighted by Crippen LogP contribution is 2.45. The van der Waals surface area contributed by atoms with Crippen LogP contribution in [0.3, 0.4) is 0 Å². The first-order valence-electron chi connectivity index (χ1n) is 8.44. The van der Waals surface area contributed by atoms with Crippen LogP contribution in [0, 0.1) is 11.3 Å². The van der Waals surface area contributed by atoms with Crippen LogP contribution in [0.1, 0.15) is 36.5 Å².